The Bertz CT molecular complexity index is 1060. The number of benzene rings is 2. The number of nitrogens with zero attached hydrogens (tertiary/aromatic N) is 2. The van der Waals surface area contributed by atoms with Gasteiger partial charge in [-0.3, -0.25) is 0 Å². The highest BCUT2D eigenvalue weighted by molar-refractivity contribution is 5.93. The maximum Gasteiger partial charge on any atom is 0.319 e. The minimum absolute atomic E-state index is 0.134. The summed E-state index contributed by atoms with van der Waals surface area (Å²) in [7, 11) is 4.14. The number of hydrogen-bond donors (Lipinski definition) is 3. The highest BCUT2D eigenvalue weighted by Crippen LogP contribution is 2.30. The average molecular weight is 432 g/mol. The molecule has 0 bridgehead atoms. The lowest BCUT2D eigenvalue weighted by atomic mass is 9.86. The number of para-hydroxylation sites is 1. The van der Waals surface area contributed by atoms with Crippen LogP contribution in [0, 0.1) is 12.8 Å². The van der Waals surface area contributed by atoms with E-state index in [0.29, 0.717) is 18.5 Å². The molecule has 1 fully saturated rings. The molecule has 1 aliphatic rings. The van der Waals surface area contributed by atoms with Crippen LogP contribution >= 0.6 is 0 Å². The molecule has 0 aliphatic heterocycles. The number of anilines is 3. The lowest BCUT2D eigenvalue weighted by Gasteiger charge is -2.30. The van der Waals surface area contributed by atoms with Crippen molar-refractivity contribution >= 4 is 34.1 Å². The molecule has 1 heterocycles. The maximum absolute atomic E-state index is 12.2. The third-order valence-electron chi connectivity index (χ3n) is 6.24. The summed E-state index contributed by atoms with van der Waals surface area (Å²) in [5, 5.41) is 10.8. The Balaban J connectivity index is 1.27. The third kappa shape index (κ3) is 5.49. The number of aromatic nitrogens is 1. The lowest BCUT2D eigenvalue weighted by molar-refractivity contribution is 0.246. The summed E-state index contributed by atoms with van der Waals surface area (Å²) in [6.07, 6.45) is 4.35. The van der Waals surface area contributed by atoms with Gasteiger partial charge in [0, 0.05) is 49.5 Å². The summed E-state index contributed by atoms with van der Waals surface area (Å²) in [6.45, 7) is 2.75. The largest absolute Gasteiger partial charge is 0.377 e. The Kier molecular flexibility index (Phi) is 6.78. The number of amides is 2. The first-order chi connectivity index (χ1) is 15.5. The predicted molar refractivity (Wildman–Crippen MR) is 134 cm³/mol. The van der Waals surface area contributed by atoms with Gasteiger partial charge in [-0.05, 0) is 56.7 Å². The van der Waals surface area contributed by atoms with Crippen LogP contribution in [-0.4, -0.2) is 37.7 Å². The molecule has 6 heteroatoms. The van der Waals surface area contributed by atoms with E-state index in [1.807, 2.05) is 37.3 Å². The molecule has 3 N–H and O–H groups in total. The molecule has 32 heavy (non-hydrogen) atoms. The first-order valence-corrected chi connectivity index (χ1v) is 11.4. The molecule has 1 aliphatic carbocycles. The molecule has 0 unspecified atom stereocenters. The highest BCUT2D eigenvalue weighted by Gasteiger charge is 2.22. The summed E-state index contributed by atoms with van der Waals surface area (Å²) in [4.78, 5) is 19.2. The fourth-order valence-electron chi connectivity index (χ4n) is 4.37. The number of pyridine rings is 1. The van der Waals surface area contributed by atoms with E-state index in [1.165, 1.54) is 16.6 Å². The summed E-state index contributed by atoms with van der Waals surface area (Å²) in [5.41, 5.74) is 4.19. The molecule has 1 saturated carbocycles. The topological polar surface area (TPSA) is 69.3 Å². The molecule has 2 aromatic carbocycles. The standard InChI is InChI=1S/C26H33N5O/c1-18-8-12-21(13-9-18)29-26(32)27-17-19-10-14-20(15-11-19)28-25-16-24(31(2)3)22-6-4-5-7-23(22)30-25/h4-9,12-13,16,19-20H,10-11,14-15,17H2,1-3H3,(H,28,30)(H2,27,29,32)/t19-,20+. The lowest BCUT2D eigenvalue weighted by Crippen LogP contribution is -2.36. The second-order valence-electron chi connectivity index (χ2n) is 9.00. The zero-order valence-corrected chi connectivity index (χ0v) is 19.2. The second-order valence-corrected chi connectivity index (χ2v) is 9.00. The molecule has 0 radical (unpaired) electrons. The Morgan fingerprint density at radius 1 is 1.03 bits per heavy atom. The minimum atomic E-state index is -0.134. The molecular weight excluding hydrogens is 398 g/mol. The first kappa shape index (κ1) is 21.9. The monoisotopic (exact) mass is 431 g/mol. The van der Waals surface area contributed by atoms with Crippen LogP contribution in [0.1, 0.15) is 31.2 Å². The van der Waals surface area contributed by atoms with Crippen molar-refractivity contribution in [3.05, 3.63) is 60.2 Å². The normalized spacial score (nSPS) is 18.2. The molecule has 168 valence electrons. The van der Waals surface area contributed by atoms with Gasteiger partial charge in [-0.25, -0.2) is 9.78 Å². The van der Waals surface area contributed by atoms with Gasteiger partial charge in [-0.2, -0.15) is 0 Å². The van der Waals surface area contributed by atoms with E-state index in [4.69, 9.17) is 4.98 Å². The average Bonchev–Trinajstić information content (AvgIpc) is 2.79. The van der Waals surface area contributed by atoms with Gasteiger partial charge in [-0.1, -0.05) is 35.9 Å². The van der Waals surface area contributed by atoms with Crippen molar-refractivity contribution in [2.75, 3.05) is 36.2 Å². The van der Waals surface area contributed by atoms with Crippen LogP contribution in [0.15, 0.2) is 54.6 Å². The number of nitrogens with one attached hydrogen (secondary N) is 3. The van der Waals surface area contributed by atoms with Crippen LogP contribution < -0.4 is 20.9 Å². The zero-order valence-electron chi connectivity index (χ0n) is 19.2. The van der Waals surface area contributed by atoms with Crippen molar-refractivity contribution < 1.29 is 4.79 Å². The maximum atomic E-state index is 12.2. The number of urea groups is 1. The van der Waals surface area contributed by atoms with Gasteiger partial charge in [0.1, 0.15) is 5.82 Å². The Morgan fingerprint density at radius 3 is 2.47 bits per heavy atom. The SMILES string of the molecule is Cc1ccc(NC(=O)NC[C@H]2CC[C@@H](Nc3cc(N(C)C)c4ccccc4n3)CC2)cc1. The van der Waals surface area contributed by atoms with Gasteiger partial charge in [0.25, 0.3) is 0 Å². The van der Waals surface area contributed by atoms with E-state index in [-0.39, 0.29) is 6.03 Å². The van der Waals surface area contributed by atoms with Crippen LogP contribution in [0.5, 0.6) is 0 Å². The molecular formula is C26H33N5O. The molecule has 4 rings (SSSR count). The van der Waals surface area contributed by atoms with E-state index in [9.17, 15) is 4.79 Å². The quantitative estimate of drug-likeness (QED) is 0.489. The van der Waals surface area contributed by atoms with E-state index in [0.717, 1.165) is 42.7 Å². The number of fused-ring (bicyclic) bond motifs is 1. The van der Waals surface area contributed by atoms with Gasteiger partial charge < -0.3 is 20.9 Å². The van der Waals surface area contributed by atoms with Crippen LogP contribution in [0.4, 0.5) is 22.0 Å². The van der Waals surface area contributed by atoms with Crippen molar-refractivity contribution in [1.29, 1.82) is 0 Å². The third-order valence-corrected chi connectivity index (χ3v) is 6.24. The van der Waals surface area contributed by atoms with Gasteiger partial charge in [0.2, 0.25) is 0 Å². The van der Waals surface area contributed by atoms with Crippen molar-refractivity contribution in [2.45, 2.75) is 38.6 Å². The van der Waals surface area contributed by atoms with E-state index >= 15 is 0 Å². The van der Waals surface area contributed by atoms with Crippen LogP contribution in [0.25, 0.3) is 10.9 Å². The number of hydrogen-bond acceptors (Lipinski definition) is 4. The molecule has 6 nitrogen and oxygen atoms in total. The van der Waals surface area contributed by atoms with Crippen molar-refractivity contribution in [2.24, 2.45) is 5.92 Å². The predicted octanol–water partition coefficient (Wildman–Crippen LogP) is 5.40. The van der Waals surface area contributed by atoms with Crippen molar-refractivity contribution in [3.63, 3.8) is 0 Å². The molecule has 0 saturated heterocycles. The smallest absolute Gasteiger partial charge is 0.319 e. The van der Waals surface area contributed by atoms with Gasteiger partial charge >= 0.3 is 6.03 Å². The van der Waals surface area contributed by atoms with E-state index in [1.54, 1.807) is 0 Å². The molecule has 3 aromatic rings. The molecule has 2 amide bonds. The molecule has 0 atom stereocenters. The summed E-state index contributed by atoms with van der Waals surface area (Å²) in [6, 6.07) is 18.5. The Hall–Kier alpha value is -3.28. The zero-order chi connectivity index (χ0) is 22.5. The second kappa shape index (κ2) is 9.90. The summed E-state index contributed by atoms with van der Waals surface area (Å²) in [5.74, 6) is 1.45. The van der Waals surface area contributed by atoms with Gasteiger partial charge in [0.05, 0.1) is 5.52 Å². The minimum Gasteiger partial charge on any atom is -0.377 e. The van der Waals surface area contributed by atoms with Crippen LogP contribution in [-0.2, 0) is 0 Å². The molecule has 0 spiro atoms. The van der Waals surface area contributed by atoms with Crippen LogP contribution in [0.3, 0.4) is 0 Å². The highest BCUT2D eigenvalue weighted by atomic mass is 16.2. The van der Waals surface area contributed by atoms with Gasteiger partial charge in [0.15, 0.2) is 0 Å². The number of rotatable bonds is 6. The van der Waals surface area contributed by atoms with Crippen molar-refractivity contribution in [1.82, 2.24) is 10.3 Å². The Labute approximate surface area is 190 Å². The van der Waals surface area contributed by atoms with E-state index in [2.05, 4.69) is 59.2 Å². The van der Waals surface area contributed by atoms with Crippen molar-refractivity contribution in [3.8, 4) is 0 Å². The summed E-state index contributed by atoms with van der Waals surface area (Å²) < 4.78 is 0. The van der Waals surface area contributed by atoms with Gasteiger partial charge in [-0.15, -0.1) is 0 Å². The molecule has 1 aromatic heterocycles. The van der Waals surface area contributed by atoms with Crippen LogP contribution in [0.2, 0.25) is 0 Å². The van der Waals surface area contributed by atoms with E-state index < -0.39 is 0 Å². The fraction of sp³-hybridized carbons (Fsp3) is 0.385. The first-order valence-electron chi connectivity index (χ1n) is 11.4. The fourth-order valence-corrected chi connectivity index (χ4v) is 4.37. The Morgan fingerprint density at radius 2 is 1.75 bits per heavy atom. The number of carbonyl (C=O) groups excluding carboxylic acids is 1. The summed E-state index contributed by atoms with van der Waals surface area (Å²) >= 11 is 0. The number of aryl methyl sites for hydroxylation is 1. The number of carbonyl (C=O) groups is 1.